The molecule has 0 bridgehead atoms. The van der Waals surface area contributed by atoms with Gasteiger partial charge in [-0.1, -0.05) is 30.3 Å². The van der Waals surface area contributed by atoms with Gasteiger partial charge in [-0.15, -0.1) is 0 Å². The Balaban J connectivity index is 1.63. The molecule has 1 aliphatic heterocycles. The highest BCUT2D eigenvalue weighted by Gasteiger charge is 2.31. The molecule has 1 atom stereocenters. The summed E-state index contributed by atoms with van der Waals surface area (Å²) in [6.45, 7) is 2.71. The molecule has 1 saturated heterocycles. The van der Waals surface area contributed by atoms with E-state index in [2.05, 4.69) is 15.2 Å². The molecule has 2 heterocycles. The van der Waals surface area contributed by atoms with E-state index in [1.165, 1.54) is 0 Å². The molecule has 1 fully saturated rings. The van der Waals surface area contributed by atoms with Crippen molar-refractivity contribution in [1.82, 2.24) is 4.98 Å². The third-order valence-corrected chi connectivity index (χ3v) is 6.29. The van der Waals surface area contributed by atoms with Crippen LogP contribution in [0, 0.1) is 0 Å². The van der Waals surface area contributed by atoms with Crippen LogP contribution in [0.15, 0.2) is 48.7 Å². The van der Waals surface area contributed by atoms with Gasteiger partial charge >= 0.3 is 0 Å². The van der Waals surface area contributed by atoms with Gasteiger partial charge in [-0.2, -0.15) is 0 Å². The average Bonchev–Trinajstić information content (AvgIpc) is 2.97. The number of nitrogens with zero attached hydrogens (tertiary/aromatic N) is 2. The number of pyridine rings is 1. The number of amides is 1. The van der Waals surface area contributed by atoms with Crippen LogP contribution in [0.1, 0.15) is 18.9 Å². The number of hydrogen-bond acceptors (Lipinski definition) is 5. The number of sulfone groups is 1. The van der Waals surface area contributed by atoms with Crippen molar-refractivity contribution >= 4 is 27.2 Å². The molecular weight excluding hydrogens is 350 g/mol. The average molecular weight is 373 g/mol. The predicted molar refractivity (Wildman–Crippen MR) is 103 cm³/mol. The minimum atomic E-state index is -2.93. The molecule has 1 aliphatic rings. The molecule has 0 radical (unpaired) electrons. The molecule has 1 aromatic heterocycles. The van der Waals surface area contributed by atoms with E-state index in [0.29, 0.717) is 25.2 Å². The summed E-state index contributed by atoms with van der Waals surface area (Å²) in [6, 6.07) is 13.2. The molecular formula is C19H23N3O3S. The van der Waals surface area contributed by atoms with E-state index in [1.54, 1.807) is 12.3 Å². The number of carbonyl (C=O) groups excluding carboxylic acids is 1. The highest BCUT2D eigenvalue weighted by atomic mass is 32.2. The van der Waals surface area contributed by atoms with E-state index in [0.717, 1.165) is 11.3 Å². The lowest BCUT2D eigenvalue weighted by Gasteiger charge is -2.28. The smallest absolute Gasteiger partial charge is 0.229 e. The summed E-state index contributed by atoms with van der Waals surface area (Å²) in [7, 11) is -2.93. The Morgan fingerprint density at radius 2 is 2.00 bits per heavy atom. The topological polar surface area (TPSA) is 79.4 Å². The van der Waals surface area contributed by atoms with Gasteiger partial charge in [0, 0.05) is 12.6 Å². The lowest BCUT2D eigenvalue weighted by molar-refractivity contribution is -0.115. The molecule has 0 spiro atoms. The second-order valence-electron chi connectivity index (χ2n) is 6.46. The number of hydrogen-bond donors (Lipinski definition) is 1. The van der Waals surface area contributed by atoms with Crippen molar-refractivity contribution in [1.29, 1.82) is 0 Å². The van der Waals surface area contributed by atoms with Crippen molar-refractivity contribution < 1.29 is 13.2 Å². The van der Waals surface area contributed by atoms with Gasteiger partial charge in [0.2, 0.25) is 5.91 Å². The Morgan fingerprint density at radius 3 is 2.58 bits per heavy atom. The Labute approximate surface area is 154 Å². The molecule has 6 nitrogen and oxygen atoms in total. The quantitative estimate of drug-likeness (QED) is 0.840. The highest BCUT2D eigenvalue weighted by molar-refractivity contribution is 7.91. The molecule has 1 unspecified atom stereocenters. The van der Waals surface area contributed by atoms with Crippen LogP contribution >= 0.6 is 0 Å². The van der Waals surface area contributed by atoms with Crippen molar-refractivity contribution in [3.05, 3.63) is 54.2 Å². The van der Waals surface area contributed by atoms with Gasteiger partial charge in [0.25, 0.3) is 0 Å². The van der Waals surface area contributed by atoms with Crippen molar-refractivity contribution in [3.63, 3.8) is 0 Å². The highest BCUT2D eigenvalue weighted by Crippen LogP contribution is 2.24. The number of rotatable bonds is 6. The first-order valence-electron chi connectivity index (χ1n) is 8.74. The standard InChI is InChI=1S/C19H23N3O3S/c1-2-22(17-10-11-26(24,25)14-17)16-8-9-18(20-13-16)21-19(23)12-15-6-4-3-5-7-15/h3-9,13,17H,2,10-12,14H2,1H3,(H,20,21,23). The van der Waals surface area contributed by atoms with Crippen molar-refractivity contribution in [2.24, 2.45) is 0 Å². The van der Waals surface area contributed by atoms with E-state index in [-0.39, 0.29) is 23.5 Å². The molecule has 0 saturated carbocycles. The predicted octanol–water partition coefficient (Wildman–Crippen LogP) is 2.28. The number of anilines is 2. The van der Waals surface area contributed by atoms with Crippen LogP contribution in [-0.4, -0.2) is 43.4 Å². The zero-order valence-corrected chi connectivity index (χ0v) is 15.6. The van der Waals surface area contributed by atoms with E-state index >= 15 is 0 Å². The maximum atomic E-state index is 12.1. The SMILES string of the molecule is CCN(c1ccc(NC(=O)Cc2ccccc2)nc1)C1CCS(=O)(=O)C1. The fourth-order valence-corrected chi connectivity index (χ4v) is 5.00. The summed E-state index contributed by atoms with van der Waals surface area (Å²) < 4.78 is 23.5. The van der Waals surface area contributed by atoms with Crippen LogP contribution in [0.5, 0.6) is 0 Å². The number of benzene rings is 1. The zero-order valence-electron chi connectivity index (χ0n) is 14.8. The van der Waals surface area contributed by atoms with Crippen molar-refractivity contribution in [2.45, 2.75) is 25.8 Å². The third kappa shape index (κ3) is 4.60. The number of aromatic nitrogens is 1. The Morgan fingerprint density at radius 1 is 1.23 bits per heavy atom. The summed E-state index contributed by atoms with van der Waals surface area (Å²) in [5.74, 6) is 0.807. The van der Waals surface area contributed by atoms with E-state index in [4.69, 9.17) is 0 Å². The third-order valence-electron chi connectivity index (χ3n) is 4.54. The fraction of sp³-hybridized carbons (Fsp3) is 0.368. The molecule has 1 N–H and O–H groups in total. The first-order chi connectivity index (χ1) is 12.5. The van der Waals surface area contributed by atoms with Crippen LogP contribution < -0.4 is 10.2 Å². The van der Waals surface area contributed by atoms with Gasteiger partial charge in [-0.3, -0.25) is 4.79 Å². The van der Waals surface area contributed by atoms with Crippen LogP contribution in [-0.2, 0) is 21.1 Å². The van der Waals surface area contributed by atoms with Gasteiger partial charge in [-0.05, 0) is 31.0 Å². The summed E-state index contributed by atoms with van der Waals surface area (Å²) in [5.41, 5.74) is 1.82. The summed E-state index contributed by atoms with van der Waals surface area (Å²) in [5, 5.41) is 2.79. The summed E-state index contributed by atoms with van der Waals surface area (Å²) in [6.07, 6.45) is 2.63. The second kappa shape index (κ2) is 7.86. The largest absolute Gasteiger partial charge is 0.367 e. The second-order valence-corrected chi connectivity index (χ2v) is 8.68. The Kier molecular flexibility index (Phi) is 5.56. The number of carbonyl (C=O) groups is 1. The minimum Gasteiger partial charge on any atom is -0.367 e. The lowest BCUT2D eigenvalue weighted by atomic mass is 10.1. The Hall–Kier alpha value is -2.41. The van der Waals surface area contributed by atoms with Gasteiger partial charge in [-0.25, -0.2) is 13.4 Å². The molecule has 138 valence electrons. The summed E-state index contributed by atoms with van der Waals surface area (Å²) in [4.78, 5) is 18.5. The van der Waals surface area contributed by atoms with E-state index < -0.39 is 9.84 Å². The molecule has 0 aliphatic carbocycles. The molecule has 1 aromatic carbocycles. The van der Waals surface area contributed by atoms with Crippen LogP contribution in [0.25, 0.3) is 0 Å². The molecule has 2 aromatic rings. The van der Waals surface area contributed by atoms with Gasteiger partial charge in [0.15, 0.2) is 9.84 Å². The molecule has 1 amide bonds. The molecule has 26 heavy (non-hydrogen) atoms. The fourth-order valence-electron chi connectivity index (χ4n) is 3.27. The maximum absolute atomic E-state index is 12.1. The monoisotopic (exact) mass is 373 g/mol. The first kappa shape index (κ1) is 18.4. The number of nitrogens with one attached hydrogen (secondary N) is 1. The minimum absolute atomic E-state index is 0.00896. The normalized spacial score (nSPS) is 18.4. The van der Waals surface area contributed by atoms with E-state index in [1.807, 2.05) is 43.3 Å². The lowest BCUT2D eigenvalue weighted by Crippen LogP contribution is -2.36. The van der Waals surface area contributed by atoms with Crippen molar-refractivity contribution in [2.75, 3.05) is 28.3 Å². The first-order valence-corrected chi connectivity index (χ1v) is 10.6. The van der Waals surface area contributed by atoms with Crippen LogP contribution in [0.3, 0.4) is 0 Å². The van der Waals surface area contributed by atoms with Crippen LogP contribution in [0.4, 0.5) is 11.5 Å². The summed E-state index contributed by atoms with van der Waals surface area (Å²) >= 11 is 0. The zero-order chi connectivity index (χ0) is 18.6. The van der Waals surface area contributed by atoms with Crippen LogP contribution in [0.2, 0.25) is 0 Å². The van der Waals surface area contributed by atoms with Gasteiger partial charge < -0.3 is 10.2 Å². The maximum Gasteiger partial charge on any atom is 0.229 e. The van der Waals surface area contributed by atoms with Crippen molar-refractivity contribution in [3.8, 4) is 0 Å². The van der Waals surface area contributed by atoms with Gasteiger partial charge in [0.05, 0.1) is 29.8 Å². The molecule has 7 heteroatoms. The van der Waals surface area contributed by atoms with E-state index in [9.17, 15) is 13.2 Å². The molecule has 3 rings (SSSR count). The Bertz CT molecular complexity index is 851. The van der Waals surface area contributed by atoms with Gasteiger partial charge in [0.1, 0.15) is 5.82 Å².